The average Bonchev–Trinajstić information content (AvgIpc) is 2.76. The standard InChI is InChI=1S/C25H21ClO4S/c1-14-11-15(2)25(31-18-8-6-17(26)7-9-18)24-23(14)19(27)13-21(30-24)16-5-10-20(28-3)22(12-16)29-4/h5-13H,1-4H3. The van der Waals surface area contributed by atoms with Crippen molar-refractivity contribution >= 4 is 34.3 Å². The predicted molar refractivity (Wildman–Crippen MR) is 126 cm³/mol. The zero-order valence-corrected chi connectivity index (χ0v) is 19.2. The molecule has 4 rings (SSSR count). The van der Waals surface area contributed by atoms with Crippen LogP contribution in [0.5, 0.6) is 11.5 Å². The van der Waals surface area contributed by atoms with Gasteiger partial charge < -0.3 is 13.9 Å². The van der Waals surface area contributed by atoms with E-state index >= 15 is 0 Å². The molecule has 0 N–H and O–H groups in total. The minimum absolute atomic E-state index is 0.0820. The highest BCUT2D eigenvalue weighted by molar-refractivity contribution is 7.99. The molecular weight excluding hydrogens is 432 g/mol. The number of hydrogen-bond acceptors (Lipinski definition) is 5. The molecule has 0 aliphatic rings. The molecule has 0 saturated carbocycles. The van der Waals surface area contributed by atoms with Crippen molar-refractivity contribution in [1.29, 1.82) is 0 Å². The van der Waals surface area contributed by atoms with E-state index in [9.17, 15) is 4.79 Å². The summed E-state index contributed by atoms with van der Waals surface area (Å²) < 4.78 is 17.1. The summed E-state index contributed by atoms with van der Waals surface area (Å²) in [7, 11) is 3.16. The maximum Gasteiger partial charge on any atom is 0.193 e. The van der Waals surface area contributed by atoms with Crippen LogP contribution in [0.1, 0.15) is 11.1 Å². The Kier molecular flexibility index (Phi) is 5.99. The zero-order valence-electron chi connectivity index (χ0n) is 17.6. The van der Waals surface area contributed by atoms with Crippen LogP contribution in [0.25, 0.3) is 22.3 Å². The van der Waals surface area contributed by atoms with Crippen molar-refractivity contribution < 1.29 is 13.9 Å². The number of fused-ring (bicyclic) bond motifs is 1. The van der Waals surface area contributed by atoms with Crippen LogP contribution < -0.4 is 14.9 Å². The molecule has 3 aromatic carbocycles. The lowest BCUT2D eigenvalue weighted by molar-refractivity contribution is 0.355. The second-order valence-corrected chi connectivity index (χ2v) is 8.66. The van der Waals surface area contributed by atoms with Gasteiger partial charge in [-0.2, -0.15) is 0 Å². The lowest BCUT2D eigenvalue weighted by atomic mass is 10.0. The molecule has 0 fully saturated rings. The Morgan fingerprint density at radius 2 is 1.58 bits per heavy atom. The molecule has 0 aliphatic carbocycles. The molecule has 0 unspecified atom stereocenters. The van der Waals surface area contributed by atoms with Crippen LogP contribution in [0.4, 0.5) is 0 Å². The lowest BCUT2D eigenvalue weighted by Gasteiger charge is -2.13. The van der Waals surface area contributed by atoms with Crippen LogP contribution in [-0.4, -0.2) is 14.2 Å². The van der Waals surface area contributed by atoms with Crippen molar-refractivity contribution in [2.45, 2.75) is 23.6 Å². The quantitative estimate of drug-likeness (QED) is 0.329. The summed E-state index contributed by atoms with van der Waals surface area (Å²) >= 11 is 7.58. The maximum absolute atomic E-state index is 13.1. The molecule has 0 atom stereocenters. The van der Waals surface area contributed by atoms with Crippen molar-refractivity contribution in [1.82, 2.24) is 0 Å². The number of hydrogen-bond donors (Lipinski definition) is 0. The Balaban J connectivity index is 1.92. The first kappa shape index (κ1) is 21.3. The highest BCUT2D eigenvalue weighted by atomic mass is 35.5. The molecule has 0 spiro atoms. The Morgan fingerprint density at radius 1 is 0.871 bits per heavy atom. The molecule has 0 amide bonds. The Labute approximate surface area is 189 Å². The minimum Gasteiger partial charge on any atom is -0.493 e. The van der Waals surface area contributed by atoms with Crippen LogP contribution >= 0.6 is 23.4 Å². The van der Waals surface area contributed by atoms with Crippen molar-refractivity contribution in [3.8, 4) is 22.8 Å². The first-order chi connectivity index (χ1) is 14.9. The number of methoxy groups -OCH3 is 2. The largest absolute Gasteiger partial charge is 0.493 e. The smallest absolute Gasteiger partial charge is 0.193 e. The van der Waals surface area contributed by atoms with E-state index in [1.807, 2.05) is 50.2 Å². The van der Waals surface area contributed by atoms with E-state index in [1.165, 1.54) is 6.07 Å². The van der Waals surface area contributed by atoms with Crippen molar-refractivity contribution in [3.05, 3.63) is 81.0 Å². The van der Waals surface area contributed by atoms with Crippen molar-refractivity contribution in [3.63, 3.8) is 0 Å². The maximum atomic E-state index is 13.1. The highest BCUT2D eigenvalue weighted by Crippen LogP contribution is 2.39. The van der Waals surface area contributed by atoms with Gasteiger partial charge in [-0.15, -0.1) is 0 Å². The van der Waals surface area contributed by atoms with E-state index in [-0.39, 0.29) is 5.43 Å². The van der Waals surface area contributed by atoms with Gasteiger partial charge in [-0.1, -0.05) is 29.4 Å². The van der Waals surface area contributed by atoms with Gasteiger partial charge in [0.15, 0.2) is 22.5 Å². The summed E-state index contributed by atoms with van der Waals surface area (Å²) in [6.45, 7) is 3.95. The molecule has 4 aromatic rings. The molecule has 0 radical (unpaired) electrons. The molecule has 1 aromatic heterocycles. The van der Waals surface area contributed by atoms with Gasteiger partial charge >= 0.3 is 0 Å². The van der Waals surface area contributed by atoms with E-state index in [2.05, 4.69) is 0 Å². The first-order valence-electron chi connectivity index (χ1n) is 9.65. The van der Waals surface area contributed by atoms with Crippen molar-refractivity contribution in [2.75, 3.05) is 14.2 Å². The number of halogens is 1. The topological polar surface area (TPSA) is 48.7 Å². The molecule has 0 bridgehead atoms. The van der Waals surface area contributed by atoms with Crippen LogP contribution in [-0.2, 0) is 0 Å². The summed E-state index contributed by atoms with van der Waals surface area (Å²) in [5.74, 6) is 1.65. The molecular formula is C25H21ClO4S. The summed E-state index contributed by atoms with van der Waals surface area (Å²) in [6.07, 6.45) is 0. The van der Waals surface area contributed by atoms with Gasteiger partial charge in [0.05, 0.1) is 24.5 Å². The molecule has 4 nitrogen and oxygen atoms in total. The first-order valence-corrected chi connectivity index (χ1v) is 10.8. The number of rotatable bonds is 5. The van der Waals surface area contributed by atoms with E-state index in [0.29, 0.717) is 33.3 Å². The Bertz CT molecular complexity index is 1330. The van der Waals surface area contributed by atoms with Crippen LogP contribution in [0, 0.1) is 13.8 Å². The van der Waals surface area contributed by atoms with Crippen molar-refractivity contribution in [2.24, 2.45) is 0 Å². The average molecular weight is 453 g/mol. The summed E-state index contributed by atoms with van der Waals surface area (Å²) in [5, 5.41) is 1.27. The molecule has 31 heavy (non-hydrogen) atoms. The van der Waals surface area contributed by atoms with Crippen LogP contribution in [0.15, 0.2) is 73.6 Å². The van der Waals surface area contributed by atoms with Gasteiger partial charge in [0.2, 0.25) is 0 Å². The van der Waals surface area contributed by atoms with E-state index in [0.717, 1.165) is 26.5 Å². The Morgan fingerprint density at radius 3 is 2.26 bits per heavy atom. The molecule has 0 aliphatic heterocycles. The van der Waals surface area contributed by atoms with Gasteiger partial charge in [-0.05, 0) is 67.4 Å². The number of benzene rings is 3. The predicted octanol–water partition coefficient (Wildman–Crippen LogP) is 6.90. The second kappa shape index (κ2) is 8.69. The van der Waals surface area contributed by atoms with Gasteiger partial charge in [-0.3, -0.25) is 4.79 Å². The van der Waals surface area contributed by atoms with E-state index in [1.54, 1.807) is 38.1 Å². The fraction of sp³-hybridized carbons (Fsp3) is 0.160. The number of ether oxygens (including phenoxy) is 2. The highest BCUT2D eigenvalue weighted by Gasteiger charge is 2.17. The van der Waals surface area contributed by atoms with Crippen LogP contribution in [0.2, 0.25) is 5.02 Å². The zero-order chi connectivity index (χ0) is 22.1. The van der Waals surface area contributed by atoms with Gasteiger partial charge in [-0.25, -0.2) is 0 Å². The summed E-state index contributed by atoms with van der Waals surface area (Å²) in [4.78, 5) is 15.0. The molecule has 6 heteroatoms. The van der Waals surface area contributed by atoms with Gasteiger partial charge in [0.1, 0.15) is 5.76 Å². The molecule has 158 valence electrons. The van der Waals surface area contributed by atoms with E-state index < -0.39 is 0 Å². The van der Waals surface area contributed by atoms with E-state index in [4.69, 9.17) is 25.5 Å². The molecule has 1 heterocycles. The van der Waals surface area contributed by atoms with Crippen LogP contribution in [0.3, 0.4) is 0 Å². The third-order valence-electron chi connectivity index (χ3n) is 5.04. The molecule has 0 saturated heterocycles. The number of aryl methyl sites for hydroxylation is 2. The normalized spacial score (nSPS) is 11.0. The minimum atomic E-state index is -0.0820. The lowest BCUT2D eigenvalue weighted by Crippen LogP contribution is -2.04. The summed E-state index contributed by atoms with van der Waals surface area (Å²) in [6, 6.07) is 16.6. The fourth-order valence-electron chi connectivity index (χ4n) is 3.55. The Hall–Kier alpha value is -2.89. The summed E-state index contributed by atoms with van der Waals surface area (Å²) in [5.41, 5.74) is 3.16. The third kappa shape index (κ3) is 4.16. The second-order valence-electron chi connectivity index (χ2n) is 7.14. The van der Waals surface area contributed by atoms with Gasteiger partial charge in [0, 0.05) is 21.5 Å². The fourth-order valence-corrected chi connectivity index (χ4v) is 4.64. The van der Waals surface area contributed by atoms with Gasteiger partial charge in [0.25, 0.3) is 0 Å². The third-order valence-corrected chi connectivity index (χ3v) is 6.51. The SMILES string of the molecule is COc1ccc(-c2cc(=O)c3c(C)cc(C)c(Sc4ccc(Cl)cc4)c3o2)cc1OC. The monoisotopic (exact) mass is 452 g/mol.